The molecule has 0 atom stereocenters. The third kappa shape index (κ3) is 2.92. The molecule has 3 aromatic rings. The molecule has 0 aliphatic rings. The molecule has 0 unspecified atom stereocenters. The molecule has 0 spiro atoms. The third-order valence-corrected chi connectivity index (χ3v) is 5.44. The van der Waals surface area contributed by atoms with E-state index in [1.807, 2.05) is 0 Å². The van der Waals surface area contributed by atoms with Crippen LogP contribution in [0.25, 0.3) is 10.1 Å². The molecule has 1 nitrogen and oxygen atoms in total. The van der Waals surface area contributed by atoms with Gasteiger partial charge in [0, 0.05) is 15.0 Å². The van der Waals surface area contributed by atoms with E-state index in [9.17, 15) is 8.78 Å². The van der Waals surface area contributed by atoms with Crippen molar-refractivity contribution in [3.8, 4) is 6.07 Å². The molecule has 104 valence electrons. The van der Waals surface area contributed by atoms with Gasteiger partial charge in [0.05, 0.1) is 16.7 Å². The molecule has 0 amide bonds. The van der Waals surface area contributed by atoms with Crippen LogP contribution in [0.4, 0.5) is 8.78 Å². The minimum absolute atomic E-state index is 0.229. The Balaban J connectivity index is 2.06. The smallest absolute Gasteiger partial charge is 0.123 e. The predicted octanol–water partition coefficient (Wildman–Crippen LogP) is 5.40. The Morgan fingerprint density at radius 3 is 2.48 bits per heavy atom. The zero-order valence-electron chi connectivity index (χ0n) is 10.8. The van der Waals surface area contributed by atoms with Crippen molar-refractivity contribution < 1.29 is 8.78 Å². The van der Waals surface area contributed by atoms with Crippen LogP contribution in [0.2, 0.25) is 0 Å². The normalized spacial score (nSPS) is 10.7. The molecule has 0 N–H and O–H groups in total. The van der Waals surface area contributed by atoms with Gasteiger partial charge in [-0.05, 0) is 48.0 Å². The summed E-state index contributed by atoms with van der Waals surface area (Å²) < 4.78 is 28.3. The van der Waals surface area contributed by atoms with Crippen molar-refractivity contribution in [3.63, 3.8) is 0 Å². The van der Waals surface area contributed by atoms with Crippen LogP contribution in [0.3, 0.4) is 0 Å². The second-order valence-corrected chi connectivity index (χ2v) is 6.79. The van der Waals surface area contributed by atoms with Crippen molar-refractivity contribution >= 4 is 33.2 Å². The van der Waals surface area contributed by atoms with Gasteiger partial charge in [-0.15, -0.1) is 11.3 Å². The lowest BCUT2D eigenvalue weighted by atomic mass is 10.1. The summed E-state index contributed by atoms with van der Waals surface area (Å²) in [5.74, 6) is -0.590. The molecule has 1 heterocycles. The summed E-state index contributed by atoms with van der Waals surface area (Å²) >= 11 is 3.00. The zero-order chi connectivity index (χ0) is 14.8. The molecule has 2 aromatic carbocycles. The topological polar surface area (TPSA) is 23.8 Å². The van der Waals surface area contributed by atoms with Gasteiger partial charge in [0.1, 0.15) is 11.6 Å². The monoisotopic (exact) mass is 317 g/mol. The Bertz CT molecular complexity index is 832. The minimum atomic E-state index is -0.308. The van der Waals surface area contributed by atoms with Gasteiger partial charge in [-0.2, -0.15) is 5.26 Å². The average molecular weight is 317 g/mol. The summed E-state index contributed by atoms with van der Waals surface area (Å²) in [6.07, 6.45) is 0.229. The molecule has 0 saturated heterocycles. The van der Waals surface area contributed by atoms with Crippen LogP contribution in [0.15, 0.2) is 51.6 Å². The standard InChI is InChI=1S/C16H9F2NS2/c17-10-1-4-12(5-2-10)20-16-13(7-8-19)14-9-11(18)3-6-15(14)21-16/h1-6,9H,7H2. The van der Waals surface area contributed by atoms with Crippen molar-refractivity contribution in [1.29, 1.82) is 5.26 Å². The molecule has 0 aliphatic carbocycles. The number of thiophene rings is 1. The van der Waals surface area contributed by atoms with Gasteiger partial charge < -0.3 is 0 Å². The van der Waals surface area contributed by atoms with E-state index in [0.717, 1.165) is 24.8 Å². The van der Waals surface area contributed by atoms with Gasteiger partial charge in [-0.1, -0.05) is 11.8 Å². The van der Waals surface area contributed by atoms with Gasteiger partial charge in [0.2, 0.25) is 0 Å². The first kappa shape index (κ1) is 14.1. The van der Waals surface area contributed by atoms with E-state index in [1.54, 1.807) is 18.2 Å². The number of hydrogen-bond donors (Lipinski definition) is 0. The van der Waals surface area contributed by atoms with Crippen molar-refractivity contribution in [3.05, 3.63) is 59.7 Å². The molecular formula is C16H9F2NS2. The highest BCUT2D eigenvalue weighted by Gasteiger charge is 2.14. The van der Waals surface area contributed by atoms with Gasteiger partial charge in [0.25, 0.3) is 0 Å². The number of rotatable bonds is 3. The van der Waals surface area contributed by atoms with Crippen molar-refractivity contribution in [2.24, 2.45) is 0 Å². The average Bonchev–Trinajstić information content (AvgIpc) is 2.79. The van der Waals surface area contributed by atoms with Crippen LogP contribution in [0, 0.1) is 23.0 Å². The fourth-order valence-electron chi connectivity index (χ4n) is 2.04. The van der Waals surface area contributed by atoms with E-state index < -0.39 is 0 Å². The second-order valence-electron chi connectivity index (χ2n) is 4.40. The van der Waals surface area contributed by atoms with Gasteiger partial charge in [-0.25, -0.2) is 8.78 Å². The molecule has 0 saturated carbocycles. The Hall–Kier alpha value is -1.90. The zero-order valence-corrected chi connectivity index (χ0v) is 12.4. The Labute approximate surface area is 128 Å². The van der Waals surface area contributed by atoms with E-state index in [4.69, 9.17) is 5.26 Å². The molecule has 0 fully saturated rings. The quantitative estimate of drug-likeness (QED) is 0.646. The highest BCUT2D eigenvalue weighted by Crippen LogP contribution is 2.41. The molecule has 0 aliphatic heterocycles. The van der Waals surface area contributed by atoms with E-state index in [2.05, 4.69) is 6.07 Å². The van der Waals surface area contributed by atoms with Gasteiger partial charge >= 0.3 is 0 Å². The van der Waals surface area contributed by atoms with Crippen LogP contribution >= 0.6 is 23.1 Å². The number of nitrogens with zero attached hydrogens (tertiary/aromatic N) is 1. The number of benzene rings is 2. The first-order chi connectivity index (χ1) is 10.2. The Kier molecular flexibility index (Phi) is 3.91. The van der Waals surface area contributed by atoms with Crippen LogP contribution in [-0.2, 0) is 6.42 Å². The number of halogens is 2. The molecule has 3 rings (SSSR count). The maximum atomic E-state index is 13.4. The first-order valence-electron chi connectivity index (χ1n) is 6.18. The van der Waals surface area contributed by atoms with Crippen LogP contribution < -0.4 is 0 Å². The van der Waals surface area contributed by atoms with Crippen LogP contribution in [0.5, 0.6) is 0 Å². The van der Waals surface area contributed by atoms with Gasteiger partial charge in [-0.3, -0.25) is 0 Å². The third-order valence-electron chi connectivity index (χ3n) is 3.00. The lowest BCUT2D eigenvalue weighted by Crippen LogP contribution is -1.83. The molecule has 0 radical (unpaired) electrons. The van der Waals surface area contributed by atoms with Crippen LogP contribution in [0.1, 0.15) is 5.56 Å². The SMILES string of the molecule is N#CCc1c(Sc2ccc(F)cc2)sc2ccc(F)cc12. The fourth-order valence-corrected chi connectivity index (χ4v) is 4.49. The summed E-state index contributed by atoms with van der Waals surface area (Å²) in [4.78, 5) is 0.891. The van der Waals surface area contributed by atoms with Crippen molar-refractivity contribution in [1.82, 2.24) is 0 Å². The van der Waals surface area contributed by atoms with Crippen molar-refractivity contribution in [2.45, 2.75) is 15.5 Å². The fraction of sp³-hybridized carbons (Fsp3) is 0.0625. The van der Waals surface area contributed by atoms with E-state index in [1.165, 1.54) is 47.4 Å². The highest BCUT2D eigenvalue weighted by molar-refractivity contribution is 8.01. The number of fused-ring (bicyclic) bond motifs is 1. The maximum Gasteiger partial charge on any atom is 0.123 e. The summed E-state index contributed by atoms with van der Waals surface area (Å²) in [6.45, 7) is 0. The summed E-state index contributed by atoms with van der Waals surface area (Å²) in [5, 5.41) is 9.78. The van der Waals surface area contributed by atoms with Crippen LogP contribution in [-0.4, -0.2) is 0 Å². The molecule has 5 heteroatoms. The second kappa shape index (κ2) is 5.84. The molecule has 21 heavy (non-hydrogen) atoms. The number of nitriles is 1. The molecule has 1 aromatic heterocycles. The first-order valence-corrected chi connectivity index (χ1v) is 7.82. The van der Waals surface area contributed by atoms with E-state index in [0.29, 0.717) is 0 Å². The largest absolute Gasteiger partial charge is 0.207 e. The van der Waals surface area contributed by atoms with Crippen molar-refractivity contribution in [2.75, 3.05) is 0 Å². The van der Waals surface area contributed by atoms with E-state index in [-0.39, 0.29) is 18.1 Å². The Morgan fingerprint density at radius 2 is 1.76 bits per heavy atom. The summed E-state index contributed by atoms with van der Waals surface area (Å²) in [6, 6.07) is 12.9. The van der Waals surface area contributed by atoms with E-state index >= 15 is 0 Å². The predicted molar refractivity (Wildman–Crippen MR) is 81.6 cm³/mol. The molecule has 0 bridgehead atoms. The Morgan fingerprint density at radius 1 is 1.05 bits per heavy atom. The van der Waals surface area contributed by atoms with Gasteiger partial charge in [0.15, 0.2) is 0 Å². The number of hydrogen-bond acceptors (Lipinski definition) is 3. The maximum absolute atomic E-state index is 13.4. The molecular weight excluding hydrogens is 308 g/mol. The lowest BCUT2D eigenvalue weighted by Gasteiger charge is -2.01. The summed E-state index contributed by atoms with van der Waals surface area (Å²) in [5.41, 5.74) is 0.839. The minimum Gasteiger partial charge on any atom is -0.207 e. The summed E-state index contributed by atoms with van der Waals surface area (Å²) in [7, 11) is 0. The lowest BCUT2D eigenvalue weighted by molar-refractivity contribution is 0.626. The highest BCUT2D eigenvalue weighted by atomic mass is 32.2.